The van der Waals surface area contributed by atoms with Gasteiger partial charge in [0.15, 0.2) is 0 Å². The molecule has 1 N–H and O–H groups in total. The fraction of sp³-hybridized carbons (Fsp3) is 0.200. The standard InChI is InChI=1S/C10H8N2O5/c13-7-4-8(14)12(9(7)15)17-10(16)6-2-1-3-11-5-6/h1-3,5,7,13H,4H2/t7-/m1/s1. The third-order valence-electron chi connectivity index (χ3n) is 2.15. The predicted molar refractivity (Wildman–Crippen MR) is 52.1 cm³/mol. The highest BCUT2D eigenvalue weighted by molar-refractivity contribution is 6.05. The van der Waals surface area contributed by atoms with Crippen LogP contribution in [-0.4, -0.2) is 39.0 Å². The van der Waals surface area contributed by atoms with E-state index in [1.807, 2.05) is 0 Å². The number of hydrogen-bond acceptors (Lipinski definition) is 6. The van der Waals surface area contributed by atoms with E-state index in [4.69, 9.17) is 5.11 Å². The molecule has 1 saturated heterocycles. The lowest BCUT2D eigenvalue weighted by molar-refractivity contribution is -0.175. The van der Waals surface area contributed by atoms with Crippen molar-refractivity contribution in [1.29, 1.82) is 0 Å². The Balaban J connectivity index is 2.10. The number of amides is 2. The van der Waals surface area contributed by atoms with Crippen LogP contribution in [0.25, 0.3) is 0 Å². The van der Waals surface area contributed by atoms with E-state index in [-0.39, 0.29) is 17.0 Å². The molecule has 0 radical (unpaired) electrons. The number of hydrogen-bond donors (Lipinski definition) is 1. The monoisotopic (exact) mass is 236 g/mol. The molecule has 0 saturated carbocycles. The third kappa shape index (κ3) is 2.13. The maximum Gasteiger partial charge on any atom is 0.365 e. The first-order chi connectivity index (χ1) is 8.09. The second-order valence-electron chi connectivity index (χ2n) is 3.37. The second kappa shape index (κ2) is 4.30. The van der Waals surface area contributed by atoms with Crippen LogP contribution in [0.3, 0.4) is 0 Å². The summed E-state index contributed by atoms with van der Waals surface area (Å²) in [5, 5.41) is 9.38. The second-order valence-corrected chi connectivity index (χ2v) is 3.37. The summed E-state index contributed by atoms with van der Waals surface area (Å²) in [4.78, 5) is 42.2. The molecular formula is C10H8N2O5. The van der Waals surface area contributed by atoms with Gasteiger partial charge in [-0.25, -0.2) is 4.79 Å². The van der Waals surface area contributed by atoms with Gasteiger partial charge in [0, 0.05) is 12.4 Å². The smallest absolute Gasteiger partial charge is 0.365 e. The van der Waals surface area contributed by atoms with Gasteiger partial charge in [0.05, 0.1) is 12.0 Å². The van der Waals surface area contributed by atoms with Crippen molar-refractivity contribution in [1.82, 2.24) is 10.0 Å². The molecule has 88 valence electrons. The number of hydroxylamine groups is 2. The van der Waals surface area contributed by atoms with Gasteiger partial charge in [-0.1, -0.05) is 5.06 Å². The Morgan fingerprint density at radius 3 is 2.82 bits per heavy atom. The minimum absolute atomic E-state index is 0.106. The lowest BCUT2D eigenvalue weighted by atomic mass is 10.3. The first-order valence-electron chi connectivity index (χ1n) is 4.77. The minimum atomic E-state index is -1.44. The van der Waals surface area contributed by atoms with E-state index < -0.39 is 23.9 Å². The molecule has 17 heavy (non-hydrogen) atoms. The van der Waals surface area contributed by atoms with Gasteiger partial charge in [-0.15, -0.1) is 0 Å². The van der Waals surface area contributed by atoms with Crippen LogP contribution in [-0.2, 0) is 14.4 Å². The highest BCUT2D eigenvalue weighted by Crippen LogP contribution is 2.14. The van der Waals surface area contributed by atoms with Crippen molar-refractivity contribution in [3.63, 3.8) is 0 Å². The molecule has 7 heteroatoms. The van der Waals surface area contributed by atoms with E-state index in [1.54, 1.807) is 0 Å². The molecule has 0 spiro atoms. The van der Waals surface area contributed by atoms with Crippen molar-refractivity contribution in [2.75, 3.05) is 0 Å². The Labute approximate surface area is 95.6 Å². The molecule has 1 aliphatic rings. The summed E-state index contributed by atoms with van der Waals surface area (Å²) in [7, 11) is 0. The number of aliphatic hydroxyl groups excluding tert-OH is 1. The number of imide groups is 1. The Hall–Kier alpha value is -2.28. The van der Waals surface area contributed by atoms with Crippen molar-refractivity contribution >= 4 is 17.8 Å². The van der Waals surface area contributed by atoms with Crippen molar-refractivity contribution in [3.05, 3.63) is 30.1 Å². The number of aromatic nitrogens is 1. The molecule has 0 bridgehead atoms. The normalized spacial score (nSPS) is 19.6. The van der Waals surface area contributed by atoms with Gasteiger partial charge in [-0.05, 0) is 12.1 Å². The Bertz CT molecular complexity index is 473. The minimum Gasteiger partial charge on any atom is -0.383 e. The van der Waals surface area contributed by atoms with Crippen LogP contribution in [0, 0.1) is 0 Å². The fourth-order valence-electron chi connectivity index (χ4n) is 1.31. The zero-order valence-electron chi connectivity index (χ0n) is 8.57. The van der Waals surface area contributed by atoms with Crippen LogP contribution in [0.2, 0.25) is 0 Å². The molecular weight excluding hydrogens is 228 g/mol. The molecule has 0 aromatic carbocycles. The maximum atomic E-state index is 11.5. The summed E-state index contributed by atoms with van der Waals surface area (Å²) >= 11 is 0. The Morgan fingerprint density at radius 1 is 1.53 bits per heavy atom. The first-order valence-corrected chi connectivity index (χ1v) is 4.77. The quantitative estimate of drug-likeness (QED) is 0.680. The van der Waals surface area contributed by atoms with Crippen LogP contribution in [0.5, 0.6) is 0 Å². The van der Waals surface area contributed by atoms with Gasteiger partial charge in [0.1, 0.15) is 6.10 Å². The van der Waals surface area contributed by atoms with E-state index in [0.717, 1.165) is 0 Å². The molecule has 1 atom stereocenters. The zero-order valence-corrected chi connectivity index (χ0v) is 8.57. The topological polar surface area (TPSA) is 96.8 Å². The number of carbonyl (C=O) groups excluding carboxylic acids is 3. The molecule has 1 fully saturated rings. The lowest BCUT2D eigenvalue weighted by Crippen LogP contribution is -2.34. The summed E-state index contributed by atoms with van der Waals surface area (Å²) in [6.07, 6.45) is 0.888. The van der Waals surface area contributed by atoms with E-state index in [1.165, 1.54) is 24.5 Å². The summed E-state index contributed by atoms with van der Waals surface area (Å²) in [5.41, 5.74) is 0.106. The molecule has 1 aromatic heterocycles. The number of nitrogens with zero attached hydrogens (tertiary/aromatic N) is 2. The molecule has 2 amide bonds. The van der Waals surface area contributed by atoms with Crippen LogP contribution in [0.1, 0.15) is 16.8 Å². The van der Waals surface area contributed by atoms with Gasteiger partial charge < -0.3 is 9.94 Å². The Morgan fingerprint density at radius 2 is 2.29 bits per heavy atom. The van der Waals surface area contributed by atoms with Gasteiger partial charge in [0.2, 0.25) is 0 Å². The van der Waals surface area contributed by atoms with Gasteiger partial charge in [0.25, 0.3) is 11.8 Å². The molecule has 0 unspecified atom stereocenters. The molecule has 7 nitrogen and oxygen atoms in total. The van der Waals surface area contributed by atoms with Gasteiger partial charge in [-0.3, -0.25) is 14.6 Å². The highest BCUT2D eigenvalue weighted by atomic mass is 16.7. The number of carbonyl (C=O) groups is 3. The number of rotatable bonds is 2. The van der Waals surface area contributed by atoms with E-state index in [0.29, 0.717) is 0 Å². The molecule has 2 rings (SSSR count). The van der Waals surface area contributed by atoms with Crippen LogP contribution in [0.4, 0.5) is 0 Å². The highest BCUT2D eigenvalue weighted by Gasteiger charge is 2.40. The van der Waals surface area contributed by atoms with Crippen molar-refractivity contribution in [2.24, 2.45) is 0 Å². The maximum absolute atomic E-state index is 11.5. The Kier molecular flexibility index (Phi) is 2.84. The molecule has 1 aliphatic heterocycles. The van der Waals surface area contributed by atoms with Crippen LogP contribution in [0.15, 0.2) is 24.5 Å². The first kappa shape index (κ1) is 11.2. The summed E-state index contributed by atoms with van der Waals surface area (Å²) in [6, 6.07) is 2.94. The van der Waals surface area contributed by atoms with Gasteiger partial charge in [-0.2, -0.15) is 0 Å². The molecule has 1 aromatic rings. The average molecular weight is 236 g/mol. The van der Waals surface area contributed by atoms with Crippen LogP contribution >= 0.6 is 0 Å². The van der Waals surface area contributed by atoms with Gasteiger partial charge >= 0.3 is 5.97 Å². The van der Waals surface area contributed by atoms with Crippen molar-refractivity contribution < 1.29 is 24.3 Å². The summed E-state index contributed by atoms with van der Waals surface area (Å²) in [5.74, 6) is -2.57. The summed E-state index contributed by atoms with van der Waals surface area (Å²) in [6.45, 7) is 0. The third-order valence-corrected chi connectivity index (χ3v) is 2.15. The van der Waals surface area contributed by atoms with E-state index >= 15 is 0 Å². The fourth-order valence-corrected chi connectivity index (χ4v) is 1.31. The van der Waals surface area contributed by atoms with Crippen molar-refractivity contribution in [3.8, 4) is 0 Å². The lowest BCUT2D eigenvalue weighted by Gasteiger charge is -2.12. The van der Waals surface area contributed by atoms with E-state index in [2.05, 4.69) is 9.82 Å². The molecule has 0 aliphatic carbocycles. The number of aliphatic hydroxyl groups is 1. The molecule has 2 heterocycles. The SMILES string of the molecule is O=C(ON1C(=O)C[C@@H](O)C1=O)c1cccnc1. The predicted octanol–water partition coefficient (Wildman–Crippen LogP) is -0.727. The van der Waals surface area contributed by atoms with Crippen molar-refractivity contribution in [2.45, 2.75) is 12.5 Å². The number of pyridine rings is 1. The van der Waals surface area contributed by atoms with Crippen LogP contribution < -0.4 is 0 Å². The largest absolute Gasteiger partial charge is 0.383 e. The average Bonchev–Trinajstić information content (AvgIpc) is 2.57. The zero-order chi connectivity index (χ0) is 12.4. The summed E-state index contributed by atoms with van der Waals surface area (Å²) < 4.78 is 0. The van der Waals surface area contributed by atoms with E-state index in [9.17, 15) is 14.4 Å².